The van der Waals surface area contributed by atoms with Gasteiger partial charge in [-0.25, -0.2) is 0 Å². The number of fused-ring (bicyclic) bond motifs is 7. The molecule has 24 heteroatoms. The van der Waals surface area contributed by atoms with Crippen molar-refractivity contribution in [3.05, 3.63) is 11.6 Å². The minimum absolute atomic E-state index is 0.0647. The molecule has 4 saturated carbocycles. The number of aliphatic hydroxyl groups is 16. The second-order valence-electron chi connectivity index (χ2n) is 26.4. The molecule has 24 nitrogen and oxygen atoms in total. The van der Waals surface area contributed by atoms with Gasteiger partial charge in [-0.3, -0.25) is 0 Å². The van der Waals surface area contributed by atoms with Gasteiger partial charge >= 0.3 is 0 Å². The number of allylic oxidation sites excluding steroid dienone is 2. The number of ether oxygens (including phenoxy) is 8. The summed E-state index contributed by atoms with van der Waals surface area (Å²) in [6.07, 6.45) is -25.3. The van der Waals surface area contributed by atoms with Crippen LogP contribution in [-0.4, -0.2) is 256 Å². The van der Waals surface area contributed by atoms with E-state index in [-0.39, 0.29) is 47.2 Å². The van der Waals surface area contributed by atoms with Crippen LogP contribution in [0.25, 0.3) is 0 Å². The molecule has 0 spiro atoms. The molecular weight excluding hydrogens is 1030 g/mol. The van der Waals surface area contributed by atoms with Crippen molar-refractivity contribution in [3.63, 3.8) is 0 Å². The monoisotopic (exact) mass is 1120 g/mol. The van der Waals surface area contributed by atoms with Gasteiger partial charge in [-0.2, -0.15) is 0 Å². The van der Waals surface area contributed by atoms with Gasteiger partial charge in [0.25, 0.3) is 0 Å². The lowest BCUT2D eigenvalue weighted by molar-refractivity contribution is -0.337. The number of rotatable bonds is 14. The summed E-state index contributed by atoms with van der Waals surface area (Å²) >= 11 is 0. The molecule has 4 saturated heterocycles. The standard InChI is InChI=1S/C54H90O24/c1-49(2)13-14-54(22-74-48-44(70)40(66)36(62)28(78-48)20-72-46-42(68)38(64)34(60)26(18-56)76-46)24(15-49)23-7-8-30-50(3)11-10-31(57)51(4,29(50)9-12-52(30,5)53(23,6)16-32(54)58)21-73-47-43(69)39(65)35(61)27(77-47)19-71-45-41(67)37(63)33(59)25(17-55)75-45/h7,24-48,55-70H,8-22H2,1-6H3/t24-,25+,26+,27+,28+,29+,30+,31-,32-,33+,34+,35+,36+,37-,38-,39-,40-,41+,42+,43+,44+,45+,46+,47+,48+,50-,51-,52+,53+,54+/m0/s1. The number of hydrogen-bond donors (Lipinski definition) is 16. The van der Waals surface area contributed by atoms with Gasteiger partial charge in [-0.1, -0.05) is 53.2 Å². The van der Waals surface area contributed by atoms with Crippen LogP contribution in [0.1, 0.15) is 99.3 Å². The fourth-order valence-corrected chi connectivity index (χ4v) is 16.4. The third-order valence-electron chi connectivity index (χ3n) is 21.6. The Balaban J connectivity index is 0.905. The van der Waals surface area contributed by atoms with Crippen molar-refractivity contribution in [1.29, 1.82) is 0 Å². The number of hydrogen-bond acceptors (Lipinski definition) is 24. The van der Waals surface area contributed by atoms with Crippen molar-refractivity contribution in [3.8, 4) is 0 Å². The van der Waals surface area contributed by atoms with Gasteiger partial charge in [0.15, 0.2) is 25.2 Å². The summed E-state index contributed by atoms with van der Waals surface area (Å²) in [4.78, 5) is 0. The molecule has 0 aromatic rings. The summed E-state index contributed by atoms with van der Waals surface area (Å²) in [7, 11) is 0. The molecule has 0 amide bonds. The topological polar surface area (TPSA) is 398 Å². The smallest absolute Gasteiger partial charge is 0.186 e. The average Bonchev–Trinajstić information content (AvgIpc) is 3.56. The first kappa shape index (κ1) is 61.3. The zero-order valence-corrected chi connectivity index (χ0v) is 45.5. The zero-order valence-electron chi connectivity index (χ0n) is 45.5. The largest absolute Gasteiger partial charge is 0.394 e. The van der Waals surface area contributed by atoms with Crippen LogP contribution in [0.5, 0.6) is 0 Å². The van der Waals surface area contributed by atoms with Crippen LogP contribution in [0.2, 0.25) is 0 Å². The minimum Gasteiger partial charge on any atom is -0.394 e. The van der Waals surface area contributed by atoms with Gasteiger partial charge in [0.2, 0.25) is 0 Å². The highest BCUT2D eigenvalue weighted by atomic mass is 16.7. The third-order valence-corrected chi connectivity index (χ3v) is 21.6. The molecule has 78 heavy (non-hydrogen) atoms. The molecule has 9 rings (SSSR count). The maximum atomic E-state index is 12.9. The highest BCUT2D eigenvalue weighted by Gasteiger charge is 2.71. The molecule has 0 aromatic carbocycles. The molecule has 0 radical (unpaired) electrons. The first-order chi connectivity index (χ1) is 36.5. The van der Waals surface area contributed by atoms with Gasteiger partial charge in [-0.05, 0) is 97.2 Å². The summed E-state index contributed by atoms with van der Waals surface area (Å²) in [5.41, 5.74) is -1.84. The SMILES string of the molecule is CC1(C)CC[C@]2(CO[C@@H]3O[C@H](CO[C@@H]4O[C@H](CO)[C@@H](O)[C@H](O)[C@H]4O)[C@@H](O)[C@H](O)[C@H]3O)[C@@H](O)C[C@]3(C)C(=CC[C@@H]4[C@@]5(C)CC[C@H](O)[C@@](C)(CO[C@@H]6O[C@H](CO[C@@H]7O[C@H](CO)[C@@H](O)[C@H](O)[C@H]7O)[C@@H](O)[C@H](O)[C@H]6O)[C@@H]5CC[C@]43C)[C@@H]2C1. The molecule has 4 heterocycles. The fraction of sp³-hybridized carbons (Fsp3) is 0.963. The lowest BCUT2D eigenvalue weighted by Crippen LogP contribution is -2.68. The maximum absolute atomic E-state index is 12.9. The lowest BCUT2D eigenvalue weighted by Gasteiger charge is -2.72. The maximum Gasteiger partial charge on any atom is 0.186 e. The highest BCUT2D eigenvalue weighted by Crippen LogP contribution is 2.76. The van der Waals surface area contributed by atoms with E-state index in [1.165, 1.54) is 5.57 Å². The molecule has 0 unspecified atom stereocenters. The van der Waals surface area contributed by atoms with Gasteiger partial charge in [-0.15, -0.1) is 0 Å². The van der Waals surface area contributed by atoms with Crippen LogP contribution in [0.15, 0.2) is 11.6 Å². The summed E-state index contributed by atoms with van der Waals surface area (Å²) < 4.78 is 47.0. The molecule has 0 bridgehead atoms. The average molecular weight is 1120 g/mol. The Morgan fingerprint density at radius 1 is 0.462 bits per heavy atom. The zero-order chi connectivity index (χ0) is 57.0. The van der Waals surface area contributed by atoms with Crippen LogP contribution in [0, 0.1) is 50.2 Å². The van der Waals surface area contributed by atoms with E-state index in [4.69, 9.17) is 37.9 Å². The second-order valence-corrected chi connectivity index (χ2v) is 26.4. The Kier molecular flexibility index (Phi) is 17.8. The van der Waals surface area contributed by atoms with Crippen molar-refractivity contribution >= 4 is 0 Å². The molecule has 16 N–H and O–H groups in total. The quantitative estimate of drug-likeness (QED) is 0.0747. The van der Waals surface area contributed by atoms with Gasteiger partial charge in [0, 0.05) is 10.8 Å². The van der Waals surface area contributed by atoms with E-state index >= 15 is 0 Å². The highest BCUT2D eigenvalue weighted by molar-refractivity contribution is 5.35. The Bertz CT molecular complexity index is 2090. The Morgan fingerprint density at radius 3 is 1.40 bits per heavy atom. The summed E-state index contributed by atoms with van der Waals surface area (Å²) in [5, 5.41) is 173. The van der Waals surface area contributed by atoms with E-state index in [1.54, 1.807) is 0 Å². The third kappa shape index (κ3) is 10.2. The lowest BCUT2D eigenvalue weighted by atomic mass is 9.33. The summed E-state index contributed by atoms with van der Waals surface area (Å²) in [6.45, 7) is 10.7. The first-order valence-corrected chi connectivity index (χ1v) is 28.1. The Morgan fingerprint density at radius 2 is 0.910 bits per heavy atom. The van der Waals surface area contributed by atoms with Crippen LogP contribution in [0.4, 0.5) is 0 Å². The minimum atomic E-state index is -1.76. The van der Waals surface area contributed by atoms with Gasteiger partial charge in [0.05, 0.1) is 51.8 Å². The van der Waals surface area contributed by atoms with Crippen molar-refractivity contribution in [2.24, 2.45) is 50.2 Å². The van der Waals surface area contributed by atoms with E-state index in [1.807, 2.05) is 6.92 Å². The summed E-state index contributed by atoms with van der Waals surface area (Å²) in [6, 6.07) is 0. The van der Waals surface area contributed by atoms with Crippen LogP contribution < -0.4 is 0 Å². The normalized spacial score (nSPS) is 55.2. The van der Waals surface area contributed by atoms with Gasteiger partial charge < -0.3 is 120 Å². The Labute approximate surface area is 454 Å². The van der Waals surface area contributed by atoms with Crippen molar-refractivity contribution in [2.45, 2.75) is 234 Å². The van der Waals surface area contributed by atoms with Crippen molar-refractivity contribution in [2.75, 3.05) is 39.6 Å². The van der Waals surface area contributed by atoms with Crippen LogP contribution in [0.3, 0.4) is 0 Å². The fourth-order valence-electron chi connectivity index (χ4n) is 16.4. The first-order valence-electron chi connectivity index (χ1n) is 28.1. The molecule has 0 aromatic heterocycles. The van der Waals surface area contributed by atoms with Crippen LogP contribution in [-0.2, 0) is 37.9 Å². The number of aliphatic hydroxyl groups excluding tert-OH is 16. The molecule has 5 aliphatic carbocycles. The Hall–Kier alpha value is -1.22. The van der Waals surface area contributed by atoms with E-state index in [0.717, 1.165) is 19.3 Å². The molecule has 30 atom stereocenters. The molecule has 450 valence electrons. The van der Waals surface area contributed by atoms with E-state index in [2.05, 4.69) is 40.7 Å². The summed E-state index contributed by atoms with van der Waals surface area (Å²) in [5.74, 6) is -0.201. The van der Waals surface area contributed by atoms with Crippen molar-refractivity contribution < 1.29 is 120 Å². The molecule has 8 fully saturated rings. The molecular formula is C54H90O24. The predicted molar refractivity (Wildman–Crippen MR) is 265 cm³/mol. The van der Waals surface area contributed by atoms with Crippen molar-refractivity contribution in [1.82, 2.24) is 0 Å². The van der Waals surface area contributed by atoms with E-state index in [9.17, 15) is 81.7 Å². The van der Waals surface area contributed by atoms with E-state index < -0.39 is 178 Å². The molecule has 9 aliphatic rings. The van der Waals surface area contributed by atoms with Crippen LogP contribution >= 0.6 is 0 Å². The predicted octanol–water partition coefficient (Wildman–Crippen LogP) is -3.62. The second kappa shape index (κ2) is 22.7. The molecule has 4 aliphatic heterocycles. The van der Waals surface area contributed by atoms with E-state index in [0.29, 0.717) is 38.5 Å². The van der Waals surface area contributed by atoms with Gasteiger partial charge in [0.1, 0.15) is 97.7 Å².